The number of hydrogen-bond acceptors (Lipinski definition) is 3. The Morgan fingerprint density at radius 2 is 2.28 bits per heavy atom. The van der Waals surface area contributed by atoms with E-state index in [4.69, 9.17) is 22.0 Å². The second-order valence-corrected chi connectivity index (χ2v) is 3.61. The van der Waals surface area contributed by atoms with Crippen LogP contribution in [0.3, 0.4) is 0 Å². The third-order valence-corrected chi connectivity index (χ3v) is 2.27. The fourth-order valence-electron chi connectivity index (χ4n) is 1.21. The summed E-state index contributed by atoms with van der Waals surface area (Å²) in [4.78, 5) is 29.4. The van der Waals surface area contributed by atoms with Crippen molar-refractivity contribution in [2.45, 2.75) is 13.5 Å². The van der Waals surface area contributed by atoms with Gasteiger partial charge in [-0.2, -0.15) is 0 Å². The van der Waals surface area contributed by atoms with Gasteiger partial charge in [-0.05, 0) is 16.7 Å². The first-order valence-electron chi connectivity index (χ1n) is 4.81. The summed E-state index contributed by atoms with van der Waals surface area (Å²) >= 11 is 5.91. The summed E-state index contributed by atoms with van der Waals surface area (Å²) in [5.41, 5.74) is 10.8. The standard InChI is InChI=1S/C10H9ClN4O3/c1-6(16)14-18-5-8-7(10(17)13-15-12)3-2-4-9(8)11/h2-4H,5H2,1H3,(H,14,16). The van der Waals surface area contributed by atoms with Gasteiger partial charge in [-0.15, -0.1) is 0 Å². The SMILES string of the molecule is CC(=O)NOCc1c(Cl)cccc1C(=O)N=[N+]=[N-]. The van der Waals surface area contributed by atoms with Gasteiger partial charge in [0, 0.05) is 28.0 Å². The summed E-state index contributed by atoms with van der Waals surface area (Å²) in [5.74, 6) is -1.15. The first-order valence-corrected chi connectivity index (χ1v) is 5.19. The van der Waals surface area contributed by atoms with Crippen molar-refractivity contribution < 1.29 is 14.4 Å². The maximum atomic E-state index is 11.5. The van der Waals surface area contributed by atoms with Gasteiger partial charge in [0.1, 0.15) is 6.61 Å². The number of benzene rings is 1. The number of hydrogen-bond donors (Lipinski definition) is 1. The highest BCUT2D eigenvalue weighted by Crippen LogP contribution is 2.21. The number of amides is 2. The fourth-order valence-corrected chi connectivity index (χ4v) is 1.44. The van der Waals surface area contributed by atoms with Gasteiger partial charge >= 0.3 is 0 Å². The molecule has 0 aliphatic rings. The first-order chi connectivity index (χ1) is 8.56. The molecule has 0 atom stereocenters. The van der Waals surface area contributed by atoms with Crippen molar-refractivity contribution in [2.24, 2.45) is 5.11 Å². The molecule has 0 bridgehead atoms. The second kappa shape index (κ2) is 6.61. The minimum atomic E-state index is -0.763. The minimum Gasteiger partial charge on any atom is -0.287 e. The molecule has 1 rings (SSSR count). The molecule has 0 aliphatic heterocycles. The number of carbonyl (C=O) groups excluding carboxylic acids is 2. The molecule has 0 saturated heterocycles. The molecule has 0 saturated carbocycles. The lowest BCUT2D eigenvalue weighted by molar-refractivity contribution is -0.132. The lowest BCUT2D eigenvalue weighted by Crippen LogP contribution is -2.20. The van der Waals surface area contributed by atoms with E-state index in [2.05, 4.69) is 15.5 Å². The molecule has 94 valence electrons. The first kappa shape index (κ1) is 14.0. The van der Waals surface area contributed by atoms with Crippen LogP contribution in [0.15, 0.2) is 23.3 Å². The van der Waals surface area contributed by atoms with Crippen LogP contribution in [-0.4, -0.2) is 11.8 Å². The lowest BCUT2D eigenvalue weighted by Gasteiger charge is -2.09. The highest BCUT2D eigenvalue weighted by molar-refractivity contribution is 6.31. The molecule has 0 aromatic heterocycles. The van der Waals surface area contributed by atoms with Crippen molar-refractivity contribution in [3.8, 4) is 0 Å². The molecule has 0 spiro atoms. The van der Waals surface area contributed by atoms with E-state index < -0.39 is 5.91 Å². The van der Waals surface area contributed by atoms with Gasteiger partial charge in [0.15, 0.2) is 0 Å². The number of halogens is 1. The van der Waals surface area contributed by atoms with Crippen molar-refractivity contribution in [2.75, 3.05) is 0 Å². The Balaban J connectivity index is 2.97. The Morgan fingerprint density at radius 3 is 2.89 bits per heavy atom. The molecule has 1 aromatic carbocycles. The predicted octanol–water partition coefficient (Wildman–Crippen LogP) is 2.36. The maximum Gasteiger partial charge on any atom is 0.249 e. The quantitative estimate of drug-likeness (QED) is 0.392. The number of nitrogens with zero attached hydrogens (tertiary/aromatic N) is 3. The zero-order valence-electron chi connectivity index (χ0n) is 9.38. The normalized spacial score (nSPS) is 9.44. The molecule has 0 fully saturated rings. The topological polar surface area (TPSA) is 104 Å². The van der Waals surface area contributed by atoms with Gasteiger partial charge < -0.3 is 0 Å². The largest absolute Gasteiger partial charge is 0.287 e. The third kappa shape index (κ3) is 3.74. The molecule has 0 radical (unpaired) electrons. The third-order valence-electron chi connectivity index (χ3n) is 1.92. The Labute approximate surface area is 107 Å². The van der Waals surface area contributed by atoms with Crippen LogP contribution < -0.4 is 5.48 Å². The van der Waals surface area contributed by atoms with Gasteiger partial charge in [-0.25, -0.2) is 5.48 Å². The molecule has 2 amide bonds. The van der Waals surface area contributed by atoms with Crippen LogP contribution in [0.2, 0.25) is 5.02 Å². The van der Waals surface area contributed by atoms with Crippen LogP contribution in [0.5, 0.6) is 0 Å². The van der Waals surface area contributed by atoms with Crippen molar-refractivity contribution in [3.05, 3.63) is 44.8 Å². The molecule has 8 heteroatoms. The van der Waals surface area contributed by atoms with Crippen molar-refractivity contribution in [1.29, 1.82) is 0 Å². The molecule has 1 aromatic rings. The molecule has 7 nitrogen and oxygen atoms in total. The summed E-state index contributed by atoms with van der Waals surface area (Å²) in [7, 11) is 0. The zero-order chi connectivity index (χ0) is 13.5. The summed E-state index contributed by atoms with van der Waals surface area (Å²) in [5, 5.41) is 3.26. The minimum absolute atomic E-state index is 0.110. The Kier molecular flexibility index (Phi) is 5.13. The molecule has 0 aliphatic carbocycles. The van der Waals surface area contributed by atoms with Crippen molar-refractivity contribution in [3.63, 3.8) is 0 Å². The summed E-state index contributed by atoms with van der Waals surface area (Å²) in [6, 6.07) is 4.56. The fraction of sp³-hybridized carbons (Fsp3) is 0.200. The maximum absolute atomic E-state index is 11.5. The zero-order valence-corrected chi connectivity index (χ0v) is 10.1. The van der Waals surface area contributed by atoms with E-state index in [-0.39, 0.29) is 23.1 Å². The predicted molar refractivity (Wildman–Crippen MR) is 63.5 cm³/mol. The highest BCUT2D eigenvalue weighted by atomic mass is 35.5. The monoisotopic (exact) mass is 268 g/mol. The Hall–Kier alpha value is -2.08. The van der Waals surface area contributed by atoms with E-state index in [9.17, 15) is 9.59 Å². The van der Waals surface area contributed by atoms with Gasteiger partial charge in [-0.3, -0.25) is 14.4 Å². The van der Waals surface area contributed by atoms with Crippen molar-refractivity contribution in [1.82, 2.24) is 5.48 Å². The molecular formula is C10H9ClN4O3. The van der Waals surface area contributed by atoms with E-state index in [1.165, 1.54) is 13.0 Å². The van der Waals surface area contributed by atoms with Crippen LogP contribution in [-0.2, 0) is 16.2 Å². The molecular weight excluding hydrogens is 260 g/mol. The Bertz CT molecular complexity index is 526. The van der Waals surface area contributed by atoms with Crippen LogP contribution in [0.4, 0.5) is 0 Å². The summed E-state index contributed by atoms with van der Waals surface area (Å²) < 4.78 is 0. The average Bonchev–Trinajstić information content (AvgIpc) is 2.31. The van der Waals surface area contributed by atoms with E-state index in [0.717, 1.165) is 0 Å². The Morgan fingerprint density at radius 1 is 1.56 bits per heavy atom. The van der Waals surface area contributed by atoms with Gasteiger partial charge in [0.2, 0.25) is 11.8 Å². The van der Waals surface area contributed by atoms with Crippen LogP contribution in [0.25, 0.3) is 10.4 Å². The number of rotatable bonds is 4. The van der Waals surface area contributed by atoms with E-state index >= 15 is 0 Å². The van der Waals surface area contributed by atoms with E-state index in [1.54, 1.807) is 12.1 Å². The summed E-state index contributed by atoms with van der Waals surface area (Å²) in [6.45, 7) is 1.17. The summed E-state index contributed by atoms with van der Waals surface area (Å²) in [6.07, 6.45) is 0. The van der Waals surface area contributed by atoms with Gasteiger partial charge in [0.05, 0.1) is 0 Å². The van der Waals surface area contributed by atoms with Crippen LogP contribution >= 0.6 is 11.6 Å². The van der Waals surface area contributed by atoms with Crippen LogP contribution in [0, 0.1) is 0 Å². The smallest absolute Gasteiger partial charge is 0.249 e. The number of nitrogens with one attached hydrogen (secondary N) is 1. The van der Waals surface area contributed by atoms with Crippen LogP contribution in [0.1, 0.15) is 22.8 Å². The van der Waals surface area contributed by atoms with Crippen molar-refractivity contribution >= 4 is 23.4 Å². The molecule has 1 N–H and O–H groups in total. The number of carbonyl (C=O) groups is 2. The van der Waals surface area contributed by atoms with E-state index in [1.807, 2.05) is 0 Å². The van der Waals surface area contributed by atoms with Gasteiger partial charge in [-0.1, -0.05) is 23.7 Å². The number of hydroxylamine groups is 1. The highest BCUT2D eigenvalue weighted by Gasteiger charge is 2.13. The molecule has 0 unspecified atom stereocenters. The second-order valence-electron chi connectivity index (χ2n) is 3.21. The number of azide groups is 1. The molecule has 0 heterocycles. The molecule has 18 heavy (non-hydrogen) atoms. The van der Waals surface area contributed by atoms with Gasteiger partial charge in [0.25, 0.3) is 0 Å². The lowest BCUT2D eigenvalue weighted by atomic mass is 10.1. The average molecular weight is 269 g/mol. The van der Waals surface area contributed by atoms with E-state index in [0.29, 0.717) is 5.56 Å².